The Kier molecular flexibility index (Phi) is 8.50. The zero-order chi connectivity index (χ0) is 24.3. The third-order valence-corrected chi connectivity index (χ3v) is 4.89. The predicted octanol–water partition coefficient (Wildman–Crippen LogP) is -3.59. The van der Waals surface area contributed by atoms with Crippen LogP contribution in [-0.4, -0.2) is 100 Å². The van der Waals surface area contributed by atoms with Crippen LogP contribution < -0.4 is 11.1 Å². The molecule has 10 atom stereocenters. The van der Waals surface area contributed by atoms with E-state index in [4.69, 9.17) is 29.4 Å². The normalized spacial score (nSPS) is 39.6. The van der Waals surface area contributed by atoms with Crippen LogP contribution in [0.3, 0.4) is 0 Å². The number of amides is 2. The molecule has 6 N–H and O–H groups in total. The Morgan fingerprint density at radius 3 is 1.94 bits per heavy atom. The third kappa shape index (κ3) is 5.90. The average molecular weight is 464 g/mol. The number of esters is 2. The highest BCUT2D eigenvalue weighted by Crippen LogP contribution is 2.31. The van der Waals surface area contributed by atoms with Gasteiger partial charge < -0.3 is 50.1 Å². The van der Waals surface area contributed by atoms with E-state index >= 15 is 0 Å². The van der Waals surface area contributed by atoms with Gasteiger partial charge in [0.15, 0.2) is 30.9 Å². The first-order chi connectivity index (χ1) is 14.8. The van der Waals surface area contributed by atoms with Crippen molar-refractivity contribution in [3.05, 3.63) is 0 Å². The first-order valence-electron chi connectivity index (χ1n) is 9.75. The number of carbonyl (C=O) groups excluding carboxylic acids is 4. The summed E-state index contributed by atoms with van der Waals surface area (Å²) in [5.74, 6) is -3.16. The molecule has 0 spiro atoms. The standard InChI is InChI=1S/C18H28N2O12/c1-5-12(29-7(3)22)13(30-8(4)23)9(20-6(2)21)18(28-5)32-15-11(25)10(24)14(16(19)26)31-17(15)27/h5,9-15,17-18,24-25,27H,1-4H3,(H2,19,26)(H,20,21)/t5-,9-,10-,11+,12-,13-,14+,15-,17+,18?/m1/s1. The minimum Gasteiger partial charge on any atom is -0.456 e. The SMILES string of the molecule is CC(=O)N[C@H]1C(O[C@@H]2[C@@H](O)[C@@H](O)[C@@H](C(N)=O)O[C@@H]2O)O[C@H](C)[C@@H](OC(C)=O)[C@@H]1OC(C)=O. The van der Waals surface area contributed by atoms with Gasteiger partial charge in [0.05, 0.1) is 6.10 Å². The van der Waals surface area contributed by atoms with Gasteiger partial charge in [0.2, 0.25) is 11.8 Å². The Morgan fingerprint density at radius 1 is 0.875 bits per heavy atom. The number of hydrogen-bond donors (Lipinski definition) is 5. The molecule has 0 saturated carbocycles. The molecular formula is C18H28N2O12. The third-order valence-electron chi connectivity index (χ3n) is 4.89. The number of aliphatic hydroxyl groups is 3. The lowest BCUT2D eigenvalue weighted by molar-refractivity contribution is -0.340. The minimum absolute atomic E-state index is 0.588. The smallest absolute Gasteiger partial charge is 0.303 e. The summed E-state index contributed by atoms with van der Waals surface area (Å²) in [5.41, 5.74) is 5.08. The molecular weight excluding hydrogens is 436 g/mol. The summed E-state index contributed by atoms with van der Waals surface area (Å²) in [5, 5.41) is 33.1. The van der Waals surface area contributed by atoms with E-state index < -0.39 is 85.1 Å². The van der Waals surface area contributed by atoms with Crippen LogP contribution >= 0.6 is 0 Å². The van der Waals surface area contributed by atoms with Crippen molar-refractivity contribution in [3.8, 4) is 0 Å². The lowest BCUT2D eigenvalue weighted by Crippen LogP contribution is -2.68. The van der Waals surface area contributed by atoms with Crippen LogP contribution in [0.5, 0.6) is 0 Å². The van der Waals surface area contributed by atoms with Crippen LogP contribution in [-0.2, 0) is 42.9 Å². The molecule has 14 nitrogen and oxygen atoms in total. The summed E-state index contributed by atoms with van der Waals surface area (Å²) in [6, 6.07) is -1.26. The lowest BCUT2D eigenvalue weighted by atomic mass is 9.95. The van der Waals surface area contributed by atoms with E-state index in [9.17, 15) is 34.5 Å². The van der Waals surface area contributed by atoms with E-state index in [0.29, 0.717) is 0 Å². The van der Waals surface area contributed by atoms with Gasteiger partial charge in [0, 0.05) is 20.8 Å². The van der Waals surface area contributed by atoms with Crippen molar-refractivity contribution in [2.24, 2.45) is 5.73 Å². The zero-order valence-electron chi connectivity index (χ0n) is 17.9. The molecule has 0 aliphatic carbocycles. The van der Waals surface area contributed by atoms with Crippen LogP contribution in [0, 0.1) is 0 Å². The van der Waals surface area contributed by atoms with Crippen molar-refractivity contribution in [1.82, 2.24) is 5.32 Å². The van der Waals surface area contributed by atoms with E-state index in [1.54, 1.807) is 0 Å². The number of rotatable bonds is 6. The summed E-state index contributed by atoms with van der Waals surface area (Å²) in [7, 11) is 0. The molecule has 1 unspecified atom stereocenters. The van der Waals surface area contributed by atoms with E-state index in [-0.39, 0.29) is 0 Å². The summed E-state index contributed by atoms with van der Waals surface area (Å²) in [6.07, 6.45) is -13.7. The van der Waals surface area contributed by atoms with Crippen molar-refractivity contribution in [1.29, 1.82) is 0 Å². The first-order valence-corrected chi connectivity index (χ1v) is 9.75. The van der Waals surface area contributed by atoms with Gasteiger partial charge in [0.25, 0.3) is 0 Å². The highest BCUT2D eigenvalue weighted by molar-refractivity contribution is 5.79. The Labute approximate surface area is 182 Å². The van der Waals surface area contributed by atoms with Crippen molar-refractivity contribution in [2.75, 3.05) is 0 Å². The van der Waals surface area contributed by atoms with Gasteiger partial charge in [-0.2, -0.15) is 0 Å². The highest BCUT2D eigenvalue weighted by atomic mass is 16.7. The number of hydrogen-bond acceptors (Lipinski definition) is 12. The molecule has 0 aromatic carbocycles. The molecule has 2 saturated heterocycles. The zero-order valence-corrected chi connectivity index (χ0v) is 17.9. The molecule has 0 aromatic rings. The van der Waals surface area contributed by atoms with Crippen molar-refractivity contribution in [3.63, 3.8) is 0 Å². The molecule has 2 rings (SSSR count). The van der Waals surface area contributed by atoms with E-state index in [2.05, 4.69) is 5.32 Å². The van der Waals surface area contributed by atoms with E-state index in [0.717, 1.165) is 20.8 Å². The van der Waals surface area contributed by atoms with Crippen LogP contribution in [0.4, 0.5) is 0 Å². The fourth-order valence-corrected chi connectivity index (χ4v) is 3.58. The Morgan fingerprint density at radius 2 is 1.44 bits per heavy atom. The number of nitrogens with two attached hydrogens (primary N) is 1. The Balaban J connectivity index is 2.33. The molecule has 182 valence electrons. The Hall–Kier alpha value is -2.36. The maximum Gasteiger partial charge on any atom is 0.303 e. The monoisotopic (exact) mass is 464 g/mol. The van der Waals surface area contributed by atoms with Crippen LogP contribution in [0.1, 0.15) is 27.7 Å². The predicted molar refractivity (Wildman–Crippen MR) is 100 cm³/mol. The van der Waals surface area contributed by atoms with Crippen molar-refractivity contribution >= 4 is 23.8 Å². The second kappa shape index (κ2) is 10.5. The van der Waals surface area contributed by atoms with Gasteiger partial charge in [-0.05, 0) is 6.92 Å². The van der Waals surface area contributed by atoms with Gasteiger partial charge in [-0.25, -0.2) is 0 Å². The summed E-state index contributed by atoms with van der Waals surface area (Å²) in [4.78, 5) is 46.4. The largest absolute Gasteiger partial charge is 0.456 e. The lowest BCUT2D eigenvalue weighted by Gasteiger charge is -2.47. The molecule has 2 aliphatic heterocycles. The van der Waals surface area contributed by atoms with Gasteiger partial charge in [0.1, 0.15) is 24.4 Å². The van der Waals surface area contributed by atoms with Crippen LogP contribution in [0.25, 0.3) is 0 Å². The fourth-order valence-electron chi connectivity index (χ4n) is 3.58. The second-order valence-corrected chi connectivity index (χ2v) is 7.52. The first kappa shape index (κ1) is 25.9. The summed E-state index contributed by atoms with van der Waals surface area (Å²) >= 11 is 0. The maximum atomic E-state index is 11.8. The number of primary amides is 1. The fraction of sp³-hybridized carbons (Fsp3) is 0.778. The highest BCUT2D eigenvalue weighted by Gasteiger charge is 2.53. The molecule has 32 heavy (non-hydrogen) atoms. The maximum absolute atomic E-state index is 11.8. The molecule has 2 amide bonds. The molecule has 2 fully saturated rings. The summed E-state index contributed by atoms with van der Waals surface area (Å²) < 4.78 is 26.7. The molecule has 0 aromatic heterocycles. The summed E-state index contributed by atoms with van der Waals surface area (Å²) in [6.45, 7) is 4.88. The van der Waals surface area contributed by atoms with Crippen LogP contribution in [0.15, 0.2) is 0 Å². The van der Waals surface area contributed by atoms with Gasteiger partial charge in [-0.15, -0.1) is 0 Å². The van der Waals surface area contributed by atoms with E-state index in [1.807, 2.05) is 0 Å². The van der Waals surface area contributed by atoms with Crippen molar-refractivity contribution in [2.45, 2.75) is 89.0 Å². The van der Waals surface area contributed by atoms with Crippen molar-refractivity contribution < 1.29 is 58.2 Å². The number of nitrogens with one attached hydrogen (secondary N) is 1. The molecule has 2 heterocycles. The topological polar surface area (TPSA) is 213 Å². The second-order valence-electron chi connectivity index (χ2n) is 7.52. The van der Waals surface area contributed by atoms with Crippen LogP contribution in [0.2, 0.25) is 0 Å². The number of carbonyl (C=O) groups is 4. The number of ether oxygens (including phenoxy) is 5. The average Bonchev–Trinajstić information content (AvgIpc) is 2.66. The van der Waals surface area contributed by atoms with Gasteiger partial charge in [-0.1, -0.05) is 0 Å². The molecule has 0 bridgehead atoms. The molecule has 2 aliphatic rings. The Bertz CT molecular complexity index is 733. The van der Waals surface area contributed by atoms with E-state index in [1.165, 1.54) is 6.92 Å². The molecule has 0 radical (unpaired) electrons. The number of aliphatic hydroxyl groups excluding tert-OH is 3. The molecule has 14 heteroatoms. The quantitative estimate of drug-likeness (QED) is 0.241. The van der Waals surface area contributed by atoms with Gasteiger partial charge in [-0.3, -0.25) is 19.2 Å². The van der Waals surface area contributed by atoms with Gasteiger partial charge >= 0.3 is 11.9 Å². The minimum atomic E-state index is -1.92.